The number of aromatic nitrogens is 2. The van der Waals surface area contributed by atoms with Gasteiger partial charge in [0.05, 0.1) is 16.8 Å². The Balaban J connectivity index is 2.34. The Hall–Kier alpha value is -1.54. The number of benzene rings is 1. The van der Waals surface area contributed by atoms with Gasteiger partial charge in [-0.05, 0) is 39.8 Å². The van der Waals surface area contributed by atoms with Crippen LogP contribution in [0.25, 0.3) is 0 Å². The van der Waals surface area contributed by atoms with Crippen LogP contribution in [0.15, 0.2) is 18.2 Å². The normalized spacial score (nSPS) is 12.4. The fourth-order valence-electron chi connectivity index (χ4n) is 2.74. The lowest BCUT2D eigenvalue weighted by molar-refractivity contribution is 0.0529. The first-order chi connectivity index (χ1) is 13.9. The third kappa shape index (κ3) is 6.48. The van der Waals surface area contributed by atoms with E-state index in [0.717, 1.165) is 0 Å². The largest absolute Gasteiger partial charge is 0.444 e. The number of rotatable bonds is 6. The molecule has 0 unspecified atom stereocenters. The molecule has 2 rings (SSSR count). The van der Waals surface area contributed by atoms with Crippen molar-refractivity contribution in [3.05, 3.63) is 49.9 Å². The molecule has 0 saturated carbocycles. The summed E-state index contributed by atoms with van der Waals surface area (Å²) in [4.78, 5) is 13.7. The van der Waals surface area contributed by atoms with E-state index < -0.39 is 23.6 Å². The molecule has 0 aliphatic rings. The van der Waals surface area contributed by atoms with Crippen LogP contribution < -0.4 is 10.2 Å². The second-order valence-electron chi connectivity index (χ2n) is 7.40. The molecule has 1 aromatic carbocycles. The summed E-state index contributed by atoms with van der Waals surface area (Å²) < 4.78 is 19.3. The lowest BCUT2D eigenvalue weighted by atomic mass is 10.1. The fraction of sp³-hybridized carbons (Fsp3) is 0.421. The summed E-state index contributed by atoms with van der Waals surface area (Å²) in [6.07, 6.45) is -0.575. The molecule has 0 aliphatic carbocycles. The van der Waals surface area contributed by atoms with Crippen LogP contribution in [0.2, 0.25) is 20.4 Å². The van der Waals surface area contributed by atoms with Crippen molar-refractivity contribution in [2.24, 2.45) is 0 Å². The van der Waals surface area contributed by atoms with Gasteiger partial charge < -0.3 is 15.0 Å². The molecule has 11 heteroatoms. The Morgan fingerprint density at radius 1 is 1.23 bits per heavy atom. The van der Waals surface area contributed by atoms with Crippen LogP contribution in [0.5, 0.6) is 0 Å². The van der Waals surface area contributed by atoms with Gasteiger partial charge in [0.2, 0.25) is 0 Å². The topological polar surface area (TPSA) is 67.4 Å². The predicted molar refractivity (Wildman–Crippen MR) is 118 cm³/mol. The number of alkyl carbamates (subject to hydrolysis) is 1. The van der Waals surface area contributed by atoms with Crippen LogP contribution in [0.1, 0.15) is 39.3 Å². The third-order valence-electron chi connectivity index (χ3n) is 4.00. The zero-order valence-electron chi connectivity index (χ0n) is 16.8. The molecule has 164 valence electrons. The number of hydrogen-bond donors (Lipinski definition) is 1. The van der Waals surface area contributed by atoms with Crippen LogP contribution in [0.3, 0.4) is 0 Å². The van der Waals surface area contributed by atoms with Crippen LogP contribution in [-0.4, -0.2) is 35.0 Å². The van der Waals surface area contributed by atoms with E-state index in [0.29, 0.717) is 11.3 Å². The minimum Gasteiger partial charge on any atom is -0.444 e. The molecular weight excluding hydrogens is 477 g/mol. The van der Waals surface area contributed by atoms with Gasteiger partial charge >= 0.3 is 6.09 Å². The molecular formula is C19H21Cl4FN4O2. The number of carbonyl (C=O) groups excluding carboxylic acids is 1. The first-order valence-corrected chi connectivity index (χ1v) is 10.5. The Morgan fingerprint density at radius 2 is 1.90 bits per heavy atom. The summed E-state index contributed by atoms with van der Waals surface area (Å²) in [5.41, 5.74) is 0.150. The van der Waals surface area contributed by atoms with Crippen molar-refractivity contribution in [3.63, 3.8) is 0 Å². The molecule has 1 amide bonds. The van der Waals surface area contributed by atoms with Gasteiger partial charge in [0.25, 0.3) is 0 Å². The third-order valence-corrected chi connectivity index (χ3v) is 5.16. The van der Waals surface area contributed by atoms with Crippen molar-refractivity contribution < 1.29 is 13.9 Å². The van der Waals surface area contributed by atoms with Crippen LogP contribution >= 0.6 is 46.4 Å². The zero-order chi connectivity index (χ0) is 22.6. The number of carbonyl (C=O) groups is 1. The highest BCUT2D eigenvalue weighted by molar-refractivity contribution is 6.36. The van der Waals surface area contributed by atoms with Gasteiger partial charge in [-0.15, -0.1) is 10.2 Å². The van der Waals surface area contributed by atoms with Crippen molar-refractivity contribution in [2.75, 3.05) is 18.0 Å². The average molecular weight is 498 g/mol. The molecule has 0 bridgehead atoms. The lowest BCUT2D eigenvalue weighted by Crippen LogP contribution is -2.39. The SMILES string of the molecule is C[C@H](c1c(Cl)ccc(F)c1Cl)N(CCNC(=O)OC(C)(C)C)c1cc(Cl)nnc1Cl. The van der Waals surface area contributed by atoms with E-state index in [-0.39, 0.29) is 33.4 Å². The smallest absolute Gasteiger partial charge is 0.407 e. The lowest BCUT2D eigenvalue weighted by Gasteiger charge is -2.33. The van der Waals surface area contributed by atoms with Crippen LogP contribution in [0, 0.1) is 5.82 Å². The minimum absolute atomic E-state index is 0.0761. The second-order valence-corrected chi connectivity index (χ2v) is 8.93. The van der Waals surface area contributed by atoms with Gasteiger partial charge in [-0.2, -0.15) is 0 Å². The summed E-state index contributed by atoms with van der Waals surface area (Å²) in [7, 11) is 0. The summed E-state index contributed by atoms with van der Waals surface area (Å²) in [5, 5.41) is 10.6. The van der Waals surface area contributed by atoms with E-state index >= 15 is 0 Å². The van der Waals surface area contributed by atoms with E-state index in [1.54, 1.807) is 32.6 Å². The molecule has 0 aliphatic heterocycles. The van der Waals surface area contributed by atoms with Crippen LogP contribution in [-0.2, 0) is 4.74 Å². The van der Waals surface area contributed by atoms with Crippen LogP contribution in [0.4, 0.5) is 14.9 Å². The van der Waals surface area contributed by atoms with E-state index in [9.17, 15) is 9.18 Å². The standard InChI is InChI=1S/C19H21Cl4FN4O2/c1-10(15-11(20)5-6-12(24)16(15)22)28(13-9-14(21)26-27-17(13)23)8-7-25-18(29)30-19(2,3)4/h5-6,9-10H,7-8H2,1-4H3,(H,25,29)/t10-/m1/s1. The first kappa shape index (κ1) is 24.7. The Morgan fingerprint density at radius 3 is 2.53 bits per heavy atom. The minimum atomic E-state index is -0.633. The zero-order valence-corrected chi connectivity index (χ0v) is 19.8. The highest BCUT2D eigenvalue weighted by atomic mass is 35.5. The molecule has 6 nitrogen and oxygen atoms in total. The number of ether oxygens (including phenoxy) is 1. The summed E-state index contributed by atoms with van der Waals surface area (Å²) in [5.74, 6) is -0.605. The van der Waals surface area contributed by atoms with Gasteiger partial charge in [-0.1, -0.05) is 46.4 Å². The number of anilines is 1. The van der Waals surface area contributed by atoms with Gasteiger partial charge in [0, 0.05) is 29.7 Å². The molecule has 1 N–H and O–H groups in total. The van der Waals surface area contributed by atoms with Gasteiger partial charge in [-0.3, -0.25) is 0 Å². The number of amides is 1. The maximum Gasteiger partial charge on any atom is 0.407 e. The van der Waals surface area contributed by atoms with Gasteiger partial charge in [0.1, 0.15) is 11.4 Å². The van der Waals surface area contributed by atoms with E-state index in [4.69, 9.17) is 51.1 Å². The second kappa shape index (κ2) is 10.2. The Bertz CT molecular complexity index is 924. The number of nitrogens with one attached hydrogen (secondary N) is 1. The molecule has 1 heterocycles. The van der Waals surface area contributed by atoms with Crippen molar-refractivity contribution in [3.8, 4) is 0 Å². The van der Waals surface area contributed by atoms with E-state index in [2.05, 4.69) is 15.5 Å². The fourth-order valence-corrected chi connectivity index (χ4v) is 3.77. The molecule has 0 saturated heterocycles. The van der Waals surface area contributed by atoms with Crippen molar-refractivity contribution in [2.45, 2.75) is 39.3 Å². The van der Waals surface area contributed by atoms with Crippen molar-refractivity contribution in [1.82, 2.24) is 15.5 Å². The maximum atomic E-state index is 14.1. The molecule has 0 fully saturated rings. The van der Waals surface area contributed by atoms with Gasteiger partial charge in [0.15, 0.2) is 10.3 Å². The summed E-state index contributed by atoms with van der Waals surface area (Å²) in [6.45, 7) is 7.48. The average Bonchev–Trinajstić information content (AvgIpc) is 2.63. The molecule has 2 aromatic rings. The van der Waals surface area contributed by atoms with E-state index in [1.165, 1.54) is 18.2 Å². The Kier molecular flexibility index (Phi) is 8.39. The van der Waals surface area contributed by atoms with E-state index in [1.807, 2.05) is 0 Å². The highest BCUT2D eigenvalue weighted by Crippen LogP contribution is 2.39. The molecule has 1 atom stereocenters. The molecule has 1 aromatic heterocycles. The molecule has 0 spiro atoms. The predicted octanol–water partition coefficient (Wildman–Crippen LogP) is 6.32. The monoisotopic (exact) mass is 496 g/mol. The highest BCUT2D eigenvalue weighted by Gasteiger charge is 2.26. The Labute approximate surface area is 194 Å². The van der Waals surface area contributed by atoms with Crippen molar-refractivity contribution in [1.29, 1.82) is 0 Å². The number of halogens is 5. The summed E-state index contributed by atoms with van der Waals surface area (Å²) >= 11 is 24.7. The quantitative estimate of drug-likeness (QED) is 0.473. The maximum absolute atomic E-state index is 14.1. The molecule has 0 radical (unpaired) electrons. The number of hydrogen-bond acceptors (Lipinski definition) is 5. The molecule has 30 heavy (non-hydrogen) atoms. The van der Waals surface area contributed by atoms with Gasteiger partial charge in [-0.25, -0.2) is 9.18 Å². The number of nitrogens with zero attached hydrogens (tertiary/aromatic N) is 3. The summed E-state index contributed by atoms with van der Waals surface area (Å²) in [6, 6.07) is 3.58. The first-order valence-electron chi connectivity index (χ1n) is 8.96. The van der Waals surface area contributed by atoms with Crippen molar-refractivity contribution >= 4 is 58.2 Å².